The summed E-state index contributed by atoms with van der Waals surface area (Å²) in [6.45, 7) is 8.70. The number of hydrogen-bond donors (Lipinski definition) is 1. The van der Waals surface area contributed by atoms with Crippen LogP contribution in [-0.4, -0.2) is 52.6 Å². The predicted molar refractivity (Wildman–Crippen MR) is 113 cm³/mol. The molecule has 1 atom stereocenters. The predicted octanol–water partition coefficient (Wildman–Crippen LogP) is 4.39. The van der Waals surface area contributed by atoms with Gasteiger partial charge >= 0.3 is 8.80 Å². The molecule has 0 rings (SSSR count). The van der Waals surface area contributed by atoms with Crippen LogP contribution in [0.1, 0.15) is 85.5 Å². The van der Waals surface area contributed by atoms with Crippen LogP contribution in [0, 0.1) is 0 Å². The summed E-state index contributed by atoms with van der Waals surface area (Å²) in [5.41, 5.74) is 0. The molecule has 0 spiro atoms. The van der Waals surface area contributed by atoms with Gasteiger partial charge in [-0.1, -0.05) is 45.4 Å². The number of Topliss-reactive ketones (excluding diaryl/α,β-unsaturated/α-hetero) is 1. The normalized spacial score (nSPS) is 13.6. The van der Waals surface area contributed by atoms with Crippen molar-refractivity contribution in [1.29, 1.82) is 0 Å². The van der Waals surface area contributed by atoms with Crippen molar-refractivity contribution in [3.63, 3.8) is 0 Å². The Morgan fingerprint density at radius 1 is 0.857 bits per heavy atom. The molecular formula is C19H40O7SSi. The van der Waals surface area contributed by atoms with E-state index < -0.39 is 30.0 Å². The number of hydrogen-bond acceptors (Lipinski definition) is 6. The minimum atomic E-state index is -4.48. The van der Waals surface area contributed by atoms with E-state index in [1.807, 2.05) is 20.8 Å². The summed E-state index contributed by atoms with van der Waals surface area (Å²) in [5, 5.41) is -1.44. The first-order valence-corrected chi connectivity index (χ1v) is 14.1. The first kappa shape index (κ1) is 27.7. The number of ketones is 1. The fourth-order valence-corrected chi connectivity index (χ4v) is 6.92. The minimum Gasteiger partial charge on any atom is -0.374 e. The molecule has 1 unspecified atom stereocenters. The monoisotopic (exact) mass is 440 g/mol. The molecule has 9 heteroatoms. The van der Waals surface area contributed by atoms with Gasteiger partial charge in [-0.2, -0.15) is 8.42 Å². The maximum absolute atomic E-state index is 12.5. The summed E-state index contributed by atoms with van der Waals surface area (Å²) in [6.07, 6.45) is 7.40. The smallest absolute Gasteiger partial charge is 0.374 e. The van der Waals surface area contributed by atoms with E-state index >= 15 is 0 Å². The van der Waals surface area contributed by atoms with Crippen LogP contribution in [0.15, 0.2) is 0 Å². The fraction of sp³-hybridized carbons (Fsp3) is 0.947. The molecular weight excluding hydrogens is 400 g/mol. The van der Waals surface area contributed by atoms with Gasteiger partial charge in [0.25, 0.3) is 10.1 Å². The van der Waals surface area contributed by atoms with Crippen molar-refractivity contribution >= 4 is 24.7 Å². The highest BCUT2D eigenvalue weighted by atomic mass is 32.2. The van der Waals surface area contributed by atoms with Gasteiger partial charge in [0.2, 0.25) is 0 Å². The van der Waals surface area contributed by atoms with E-state index in [0.29, 0.717) is 26.2 Å². The van der Waals surface area contributed by atoms with Crippen LogP contribution in [0.2, 0.25) is 6.04 Å². The molecule has 1 N–H and O–H groups in total. The van der Waals surface area contributed by atoms with Crippen molar-refractivity contribution in [2.75, 3.05) is 19.8 Å². The summed E-state index contributed by atoms with van der Waals surface area (Å²) >= 11 is 0. The van der Waals surface area contributed by atoms with Crippen LogP contribution in [0.25, 0.3) is 0 Å². The molecule has 0 radical (unpaired) electrons. The van der Waals surface area contributed by atoms with Crippen LogP contribution in [0.4, 0.5) is 0 Å². The number of unbranched alkanes of at least 4 members (excludes halogenated alkanes) is 6. The van der Waals surface area contributed by atoms with Gasteiger partial charge in [0, 0.05) is 32.3 Å². The highest BCUT2D eigenvalue weighted by molar-refractivity contribution is 7.87. The Morgan fingerprint density at radius 2 is 1.32 bits per heavy atom. The summed E-state index contributed by atoms with van der Waals surface area (Å²) in [4.78, 5) is 12.5. The van der Waals surface area contributed by atoms with E-state index in [9.17, 15) is 17.8 Å². The van der Waals surface area contributed by atoms with E-state index in [0.717, 1.165) is 19.3 Å². The van der Waals surface area contributed by atoms with Gasteiger partial charge in [-0.25, -0.2) is 0 Å². The molecule has 0 aliphatic heterocycles. The zero-order valence-electron chi connectivity index (χ0n) is 18.1. The van der Waals surface area contributed by atoms with Crippen LogP contribution < -0.4 is 0 Å². The average molecular weight is 441 g/mol. The second-order valence-corrected chi connectivity index (χ2v) is 11.2. The number of carbonyl (C=O) groups excluding carboxylic acids is 1. The second-order valence-electron chi connectivity index (χ2n) is 6.86. The number of carbonyl (C=O) groups is 1. The molecule has 168 valence electrons. The van der Waals surface area contributed by atoms with Crippen molar-refractivity contribution < 1.29 is 31.0 Å². The molecule has 0 aromatic carbocycles. The molecule has 0 heterocycles. The molecule has 0 aliphatic carbocycles. The Bertz CT molecular complexity index is 493. The Morgan fingerprint density at radius 3 is 1.75 bits per heavy atom. The average Bonchev–Trinajstić information content (AvgIpc) is 2.60. The van der Waals surface area contributed by atoms with Crippen molar-refractivity contribution in [2.45, 2.75) is 96.8 Å². The van der Waals surface area contributed by atoms with Crippen molar-refractivity contribution in [3.05, 3.63) is 0 Å². The van der Waals surface area contributed by atoms with Gasteiger partial charge < -0.3 is 13.3 Å². The van der Waals surface area contributed by atoms with Gasteiger partial charge in [0.05, 0.1) is 0 Å². The lowest BCUT2D eigenvalue weighted by Crippen LogP contribution is -2.47. The van der Waals surface area contributed by atoms with Crippen LogP contribution in [-0.2, 0) is 28.2 Å². The molecule has 0 saturated heterocycles. The van der Waals surface area contributed by atoms with Crippen LogP contribution in [0.5, 0.6) is 0 Å². The Hall–Kier alpha value is -0.323. The standard InChI is InChI=1S/C19H40O7SSi/c1-5-9-10-11-12-13-14-15-18(20)19(27(21,22)23)16-17-28(24-6-2,25-7-3)26-8-4/h19H,5-17H2,1-4H3,(H,21,22,23). The third-order valence-corrected chi connectivity index (χ3v) is 8.86. The number of rotatable bonds is 19. The molecule has 7 nitrogen and oxygen atoms in total. The van der Waals surface area contributed by atoms with Crippen LogP contribution >= 0.6 is 0 Å². The molecule has 0 aromatic heterocycles. The maximum Gasteiger partial charge on any atom is 0.500 e. The quantitative estimate of drug-likeness (QED) is 0.181. The fourth-order valence-electron chi connectivity index (χ4n) is 3.20. The van der Waals surface area contributed by atoms with E-state index in [4.69, 9.17) is 13.3 Å². The lowest BCUT2D eigenvalue weighted by Gasteiger charge is -2.29. The van der Waals surface area contributed by atoms with Crippen molar-refractivity contribution in [2.24, 2.45) is 0 Å². The van der Waals surface area contributed by atoms with E-state index in [1.165, 1.54) is 19.3 Å². The van der Waals surface area contributed by atoms with Crippen molar-refractivity contribution in [1.82, 2.24) is 0 Å². The summed E-state index contributed by atoms with van der Waals surface area (Å²) < 4.78 is 50.3. The Kier molecular flexibility index (Phi) is 15.3. The van der Waals surface area contributed by atoms with Gasteiger partial charge in [-0.15, -0.1) is 0 Å². The zero-order valence-corrected chi connectivity index (χ0v) is 19.9. The molecule has 0 bridgehead atoms. The highest BCUT2D eigenvalue weighted by Gasteiger charge is 2.43. The summed E-state index contributed by atoms with van der Waals surface area (Å²) in [7, 11) is -7.55. The first-order chi connectivity index (χ1) is 13.3. The SMILES string of the molecule is CCCCCCCCCC(=O)C(CC[Si](OCC)(OCC)OCC)S(=O)(=O)O. The minimum absolute atomic E-state index is 0.0552. The topological polar surface area (TPSA) is 99.1 Å². The van der Waals surface area contributed by atoms with Crippen molar-refractivity contribution in [3.8, 4) is 0 Å². The molecule has 0 amide bonds. The van der Waals surface area contributed by atoms with Gasteiger partial charge in [0.15, 0.2) is 5.78 Å². The zero-order chi connectivity index (χ0) is 21.5. The molecule has 0 aliphatic rings. The highest BCUT2D eigenvalue weighted by Crippen LogP contribution is 2.23. The van der Waals surface area contributed by atoms with E-state index in [2.05, 4.69) is 6.92 Å². The van der Waals surface area contributed by atoms with Crippen LogP contribution in [0.3, 0.4) is 0 Å². The molecule has 0 aromatic rings. The second kappa shape index (κ2) is 15.5. The Balaban J connectivity index is 4.78. The van der Waals surface area contributed by atoms with Gasteiger partial charge in [0.1, 0.15) is 5.25 Å². The summed E-state index contributed by atoms with van der Waals surface area (Å²) in [6, 6.07) is 0.176. The van der Waals surface area contributed by atoms with Gasteiger partial charge in [-0.3, -0.25) is 9.35 Å². The maximum atomic E-state index is 12.5. The third kappa shape index (κ3) is 11.6. The lowest BCUT2D eigenvalue weighted by molar-refractivity contribution is -0.118. The molecule has 0 fully saturated rings. The lowest BCUT2D eigenvalue weighted by atomic mass is 10.0. The Labute approximate surface area is 172 Å². The first-order valence-electron chi connectivity index (χ1n) is 10.7. The summed E-state index contributed by atoms with van der Waals surface area (Å²) in [5.74, 6) is -0.441. The largest absolute Gasteiger partial charge is 0.500 e. The van der Waals surface area contributed by atoms with E-state index in [-0.39, 0.29) is 18.9 Å². The third-order valence-electron chi connectivity index (χ3n) is 4.55. The molecule has 0 saturated carbocycles. The van der Waals surface area contributed by atoms with E-state index in [1.54, 1.807) is 0 Å². The molecule has 28 heavy (non-hydrogen) atoms. The van der Waals surface area contributed by atoms with Gasteiger partial charge in [-0.05, 0) is 33.6 Å².